The molecular formula is C14H11BrN2O2. The van der Waals surface area contributed by atoms with Crippen molar-refractivity contribution in [1.82, 2.24) is 0 Å². The minimum atomic E-state index is 0.443. The van der Waals surface area contributed by atoms with Crippen LogP contribution in [-0.4, -0.2) is 7.11 Å². The molecule has 0 aliphatic rings. The maximum absolute atomic E-state index is 9.04. The van der Waals surface area contributed by atoms with Gasteiger partial charge in [-0.3, -0.25) is 0 Å². The molecule has 0 radical (unpaired) electrons. The third-order valence-electron chi connectivity index (χ3n) is 2.50. The smallest absolute Gasteiger partial charge is 0.150 e. The Hall–Kier alpha value is -2.19. The molecule has 0 saturated heterocycles. The predicted octanol–water partition coefficient (Wildman–Crippen LogP) is 3.70. The van der Waals surface area contributed by atoms with E-state index in [0.29, 0.717) is 28.5 Å². The van der Waals surface area contributed by atoms with E-state index in [-0.39, 0.29) is 0 Å². The largest absolute Gasteiger partial charge is 0.497 e. The lowest BCUT2D eigenvalue weighted by Gasteiger charge is -2.11. The van der Waals surface area contributed by atoms with Gasteiger partial charge in [-0.2, -0.15) is 5.26 Å². The van der Waals surface area contributed by atoms with E-state index in [1.165, 1.54) is 0 Å². The molecule has 0 aliphatic carbocycles. The molecule has 2 N–H and O–H groups in total. The number of hydrogen-bond acceptors (Lipinski definition) is 4. The van der Waals surface area contributed by atoms with Gasteiger partial charge >= 0.3 is 0 Å². The minimum absolute atomic E-state index is 0.443. The van der Waals surface area contributed by atoms with Gasteiger partial charge in [-0.05, 0) is 30.3 Å². The minimum Gasteiger partial charge on any atom is -0.497 e. The Morgan fingerprint density at radius 1 is 1.16 bits per heavy atom. The van der Waals surface area contributed by atoms with Gasteiger partial charge in [0.25, 0.3) is 0 Å². The number of benzene rings is 2. The second kappa shape index (κ2) is 5.63. The molecule has 5 heteroatoms. The highest BCUT2D eigenvalue weighted by molar-refractivity contribution is 9.10. The molecule has 4 nitrogen and oxygen atoms in total. The Labute approximate surface area is 119 Å². The standard InChI is InChI=1S/C14H11BrN2O2/c1-18-11-4-5-13(12(17)7-11)19-14-6-10(15)3-2-9(14)8-16/h2-7H,17H2,1H3. The molecule has 0 fully saturated rings. The molecule has 0 unspecified atom stereocenters. The normalized spacial score (nSPS) is 9.74. The number of ether oxygens (including phenoxy) is 2. The lowest BCUT2D eigenvalue weighted by atomic mass is 10.2. The van der Waals surface area contributed by atoms with Gasteiger partial charge in [0, 0.05) is 10.5 Å². The van der Waals surface area contributed by atoms with Gasteiger partial charge in [0.2, 0.25) is 0 Å². The van der Waals surface area contributed by atoms with Gasteiger partial charge in [-0.15, -0.1) is 0 Å². The van der Waals surface area contributed by atoms with Crippen molar-refractivity contribution < 1.29 is 9.47 Å². The highest BCUT2D eigenvalue weighted by Crippen LogP contribution is 2.33. The van der Waals surface area contributed by atoms with E-state index in [0.717, 1.165) is 4.47 Å². The van der Waals surface area contributed by atoms with E-state index in [2.05, 4.69) is 22.0 Å². The first kappa shape index (κ1) is 13.2. The lowest BCUT2D eigenvalue weighted by Crippen LogP contribution is -1.95. The third-order valence-corrected chi connectivity index (χ3v) is 2.99. The molecule has 96 valence electrons. The van der Waals surface area contributed by atoms with Crippen LogP contribution in [0.25, 0.3) is 0 Å². The highest BCUT2D eigenvalue weighted by atomic mass is 79.9. The summed E-state index contributed by atoms with van der Waals surface area (Å²) >= 11 is 3.34. The van der Waals surface area contributed by atoms with Crippen molar-refractivity contribution in [3.05, 3.63) is 46.4 Å². The number of nitrogens with zero attached hydrogens (tertiary/aromatic N) is 1. The first-order valence-electron chi connectivity index (χ1n) is 5.45. The second-order valence-electron chi connectivity index (χ2n) is 3.76. The predicted molar refractivity (Wildman–Crippen MR) is 76.3 cm³/mol. The van der Waals surface area contributed by atoms with Gasteiger partial charge in [-0.1, -0.05) is 15.9 Å². The number of rotatable bonds is 3. The summed E-state index contributed by atoms with van der Waals surface area (Å²) < 4.78 is 11.6. The zero-order valence-electron chi connectivity index (χ0n) is 10.2. The van der Waals surface area contributed by atoms with E-state index in [1.54, 1.807) is 43.5 Å². The summed E-state index contributed by atoms with van der Waals surface area (Å²) in [6.07, 6.45) is 0. The SMILES string of the molecule is COc1ccc(Oc2cc(Br)ccc2C#N)c(N)c1. The van der Waals surface area contributed by atoms with Crippen LogP contribution in [0.15, 0.2) is 40.9 Å². The molecule has 2 rings (SSSR count). The number of hydrogen-bond donors (Lipinski definition) is 1. The second-order valence-corrected chi connectivity index (χ2v) is 4.67. The van der Waals surface area contributed by atoms with E-state index in [9.17, 15) is 0 Å². The monoisotopic (exact) mass is 318 g/mol. The van der Waals surface area contributed by atoms with Gasteiger partial charge in [-0.25, -0.2) is 0 Å². The van der Waals surface area contributed by atoms with Crippen molar-refractivity contribution in [3.8, 4) is 23.3 Å². The fourth-order valence-electron chi connectivity index (χ4n) is 1.54. The molecule has 0 aliphatic heterocycles. The van der Waals surface area contributed by atoms with Gasteiger partial charge in [0.05, 0.1) is 18.4 Å². The van der Waals surface area contributed by atoms with Crippen LogP contribution >= 0.6 is 15.9 Å². The van der Waals surface area contributed by atoms with Crippen LogP contribution in [0.1, 0.15) is 5.56 Å². The molecular weight excluding hydrogens is 308 g/mol. The number of halogens is 1. The Balaban J connectivity index is 2.36. The maximum Gasteiger partial charge on any atom is 0.150 e. The summed E-state index contributed by atoms with van der Waals surface area (Å²) in [6, 6.07) is 12.4. The highest BCUT2D eigenvalue weighted by Gasteiger charge is 2.08. The van der Waals surface area contributed by atoms with Crippen molar-refractivity contribution in [2.75, 3.05) is 12.8 Å². The molecule has 0 amide bonds. The van der Waals surface area contributed by atoms with Crippen LogP contribution in [-0.2, 0) is 0 Å². The lowest BCUT2D eigenvalue weighted by molar-refractivity contribution is 0.413. The van der Waals surface area contributed by atoms with E-state index in [1.807, 2.05) is 0 Å². The summed E-state index contributed by atoms with van der Waals surface area (Å²) in [7, 11) is 1.57. The third kappa shape index (κ3) is 2.98. The van der Waals surface area contributed by atoms with Gasteiger partial charge < -0.3 is 15.2 Å². The molecule has 2 aromatic carbocycles. The van der Waals surface area contributed by atoms with Crippen molar-refractivity contribution in [3.63, 3.8) is 0 Å². The molecule has 0 aromatic heterocycles. The van der Waals surface area contributed by atoms with Crippen molar-refractivity contribution in [2.24, 2.45) is 0 Å². The maximum atomic E-state index is 9.04. The summed E-state index contributed by atoms with van der Waals surface area (Å²) in [5.41, 5.74) is 6.77. The molecule has 19 heavy (non-hydrogen) atoms. The summed E-state index contributed by atoms with van der Waals surface area (Å²) in [6.45, 7) is 0. The van der Waals surface area contributed by atoms with E-state index in [4.69, 9.17) is 20.5 Å². The molecule has 0 heterocycles. The summed E-state index contributed by atoms with van der Waals surface area (Å²) in [4.78, 5) is 0. The molecule has 2 aromatic rings. The average Bonchev–Trinajstić information content (AvgIpc) is 2.41. The average molecular weight is 319 g/mol. The van der Waals surface area contributed by atoms with E-state index >= 15 is 0 Å². The topological polar surface area (TPSA) is 68.3 Å². The number of methoxy groups -OCH3 is 1. The fraction of sp³-hybridized carbons (Fsp3) is 0.0714. The molecule has 0 atom stereocenters. The van der Waals surface area contributed by atoms with Gasteiger partial charge in [0.1, 0.15) is 17.6 Å². The quantitative estimate of drug-likeness (QED) is 0.876. The first-order chi connectivity index (χ1) is 9.13. The van der Waals surface area contributed by atoms with Crippen LogP contribution in [0, 0.1) is 11.3 Å². The number of nitriles is 1. The van der Waals surface area contributed by atoms with Crippen molar-refractivity contribution >= 4 is 21.6 Å². The van der Waals surface area contributed by atoms with Crippen LogP contribution in [0.4, 0.5) is 5.69 Å². The van der Waals surface area contributed by atoms with Crippen LogP contribution in [0.2, 0.25) is 0 Å². The number of nitrogens with two attached hydrogens (primary N) is 1. The van der Waals surface area contributed by atoms with Crippen LogP contribution in [0.5, 0.6) is 17.2 Å². The van der Waals surface area contributed by atoms with Crippen LogP contribution in [0.3, 0.4) is 0 Å². The van der Waals surface area contributed by atoms with Crippen molar-refractivity contribution in [1.29, 1.82) is 5.26 Å². The van der Waals surface area contributed by atoms with Crippen molar-refractivity contribution in [2.45, 2.75) is 0 Å². The Morgan fingerprint density at radius 2 is 1.95 bits per heavy atom. The zero-order chi connectivity index (χ0) is 13.8. The number of anilines is 1. The van der Waals surface area contributed by atoms with E-state index < -0.39 is 0 Å². The molecule has 0 bridgehead atoms. The van der Waals surface area contributed by atoms with Crippen LogP contribution < -0.4 is 15.2 Å². The summed E-state index contributed by atoms with van der Waals surface area (Å²) in [5, 5.41) is 9.04. The first-order valence-corrected chi connectivity index (χ1v) is 6.24. The fourth-order valence-corrected chi connectivity index (χ4v) is 1.88. The summed E-state index contributed by atoms with van der Waals surface area (Å²) in [5.74, 6) is 1.59. The zero-order valence-corrected chi connectivity index (χ0v) is 11.8. The Morgan fingerprint density at radius 3 is 2.58 bits per heavy atom. The molecule has 0 spiro atoms. The van der Waals surface area contributed by atoms with Gasteiger partial charge in [0.15, 0.2) is 5.75 Å². The number of nitrogen functional groups attached to an aromatic ring is 1. The molecule has 0 saturated carbocycles. The Bertz CT molecular complexity index is 650. The Kier molecular flexibility index (Phi) is 3.93.